The lowest BCUT2D eigenvalue weighted by atomic mass is 9.45. The predicted octanol–water partition coefficient (Wildman–Crippen LogP) is 5.77. The van der Waals surface area contributed by atoms with Crippen molar-refractivity contribution in [1.82, 2.24) is 5.32 Å². The Balaban J connectivity index is 1.38. The first-order valence-electron chi connectivity index (χ1n) is 21.5. The van der Waals surface area contributed by atoms with Crippen LogP contribution in [-0.2, 0) is 52.4 Å². The third-order valence-electron chi connectivity index (χ3n) is 13.9. The number of amides is 1. The lowest BCUT2D eigenvalue weighted by Crippen LogP contribution is -2.81. The lowest BCUT2D eigenvalue weighted by molar-refractivity contribution is -0.345. The summed E-state index contributed by atoms with van der Waals surface area (Å²) in [6.45, 7) is 7.39. The van der Waals surface area contributed by atoms with E-state index in [1.807, 2.05) is 0 Å². The molecule has 0 radical (unpaired) electrons. The Morgan fingerprint density at radius 1 is 0.833 bits per heavy atom. The van der Waals surface area contributed by atoms with Crippen LogP contribution in [0.15, 0.2) is 102 Å². The molecule has 2 N–H and O–H groups in total. The molecule has 1 saturated heterocycles. The van der Waals surface area contributed by atoms with Crippen LogP contribution in [-0.4, -0.2) is 107 Å². The van der Waals surface area contributed by atoms with Gasteiger partial charge < -0.3 is 38.8 Å². The molecule has 350 valence electrons. The van der Waals surface area contributed by atoms with Crippen LogP contribution in [0.3, 0.4) is 0 Å². The maximum atomic E-state index is 15.4. The Hall–Kier alpha value is -5.61. The van der Waals surface area contributed by atoms with Gasteiger partial charge in [0.2, 0.25) is 6.10 Å². The Bertz CT molecular complexity index is 2410. The van der Waals surface area contributed by atoms with E-state index in [-0.39, 0.29) is 24.2 Å². The smallest absolute Gasteiger partial charge is 0.350 e. The molecule has 7 rings (SSSR count). The van der Waals surface area contributed by atoms with Crippen LogP contribution in [0.5, 0.6) is 0 Å². The van der Waals surface area contributed by atoms with Crippen molar-refractivity contribution in [1.29, 1.82) is 0 Å². The number of nitrogens with one attached hydrogen (secondary N) is 1. The highest BCUT2D eigenvalue weighted by atomic mass is 35.5. The zero-order valence-corrected chi connectivity index (χ0v) is 38.5. The van der Waals surface area contributed by atoms with E-state index in [1.165, 1.54) is 26.0 Å². The van der Waals surface area contributed by atoms with Gasteiger partial charge in [-0.25, -0.2) is 9.59 Å². The zero-order valence-electron chi connectivity index (χ0n) is 37.0. The molecule has 3 aliphatic carbocycles. The van der Waals surface area contributed by atoms with Crippen LogP contribution < -0.4 is 5.32 Å². The van der Waals surface area contributed by atoms with Crippen molar-refractivity contribution >= 4 is 64.7 Å². The van der Waals surface area contributed by atoms with Gasteiger partial charge in [-0.2, -0.15) is 0 Å². The summed E-state index contributed by atoms with van der Waals surface area (Å²) in [7, 11) is 0. The van der Waals surface area contributed by atoms with Crippen molar-refractivity contribution in [2.24, 2.45) is 16.7 Å². The van der Waals surface area contributed by atoms with Crippen molar-refractivity contribution in [3.8, 4) is 0 Å². The standard InChI is InChI=1S/C49H51Cl2NO14/c1-27-32-21-34(54)47(5)35(63-37(55)24-50)22-36-48(26-61-36,66-28(2)53)41(47)42(65-44(58)31-19-13-8-14-20-31)49(60,46(32,3)4)23-33(27)62-45(59)40(64-38(56)25-51)39(29-15-9-6-10-16-29)52-43(57)30-17-11-7-12-18-30/h6-20,33,35-36,39-42,60H,21-26H2,1-5H3,(H,52,57)/t33-,35-,36+,39-,40+,41-,42-,47+,48-,49+/m0/s1. The van der Waals surface area contributed by atoms with Gasteiger partial charge in [0.15, 0.2) is 5.60 Å². The highest BCUT2D eigenvalue weighted by Crippen LogP contribution is 2.64. The molecule has 0 spiro atoms. The molecule has 1 aliphatic heterocycles. The van der Waals surface area contributed by atoms with Gasteiger partial charge in [0.1, 0.15) is 53.6 Å². The summed E-state index contributed by atoms with van der Waals surface area (Å²) >= 11 is 11.8. The fraction of sp³-hybridized carbons (Fsp3) is 0.449. The van der Waals surface area contributed by atoms with Crippen molar-refractivity contribution in [2.75, 3.05) is 18.4 Å². The molecule has 2 bridgehead atoms. The molecule has 1 heterocycles. The number of carbonyl (C=O) groups is 7. The van der Waals surface area contributed by atoms with E-state index in [1.54, 1.807) is 99.6 Å². The van der Waals surface area contributed by atoms with Crippen LogP contribution in [0, 0.1) is 16.7 Å². The number of fused-ring (bicyclic) bond motifs is 5. The molecular formula is C49H51Cl2NO14. The number of ketones is 1. The Kier molecular flexibility index (Phi) is 13.9. The quantitative estimate of drug-likeness (QED) is 0.0903. The molecular weight excluding hydrogens is 897 g/mol. The molecule has 3 fully saturated rings. The van der Waals surface area contributed by atoms with Crippen LogP contribution >= 0.6 is 23.2 Å². The van der Waals surface area contributed by atoms with Gasteiger partial charge in [0.05, 0.1) is 23.5 Å². The molecule has 0 aromatic heterocycles. The first kappa shape index (κ1) is 48.3. The second kappa shape index (κ2) is 18.9. The highest BCUT2D eigenvalue weighted by molar-refractivity contribution is 6.26. The molecule has 3 aromatic carbocycles. The number of hydrogen-bond donors (Lipinski definition) is 2. The van der Waals surface area contributed by atoms with Crippen molar-refractivity contribution < 1.29 is 67.1 Å². The minimum Gasteiger partial charge on any atom is -0.460 e. The summed E-state index contributed by atoms with van der Waals surface area (Å²) in [6, 6.07) is 23.0. The number of benzene rings is 3. The monoisotopic (exact) mass is 947 g/mol. The summed E-state index contributed by atoms with van der Waals surface area (Å²) < 4.78 is 36.5. The number of alkyl halides is 2. The van der Waals surface area contributed by atoms with E-state index in [9.17, 15) is 33.9 Å². The van der Waals surface area contributed by atoms with Crippen LogP contribution in [0.1, 0.15) is 86.2 Å². The molecule has 2 saturated carbocycles. The second-order valence-electron chi connectivity index (χ2n) is 17.9. The summed E-state index contributed by atoms with van der Waals surface area (Å²) in [5.74, 6) is -8.50. The maximum absolute atomic E-state index is 15.4. The van der Waals surface area contributed by atoms with Crippen LogP contribution in [0.25, 0.3) is 0 Å². The first-order chi connectivity index (χ1) is 31.3. The SMILES string of the molecule is CC(=O)O[C@@]12CO[C@@H]1C[C@H](OC(=O)CCl)[C@@]1(C)C(=O)CC3=C(C)[C@@H](OC(=O)[C@H](OC(=O)CCl)[C@@H](NC(=O)c4ccccc4)c4ccccc4)C[C@@](O)([C@@H](OC(=O)c4ccccc4)[C@H]21)C3(C)C. The van der Waals surface area contributed by atoms with Gasteiger partial charge in [0, 0.05) is 37.2 Å². The minimum absolute atomic E-state index is 0.0806. The van der Waals surface area contributed by atoms with Gasteiger partial charge in [-0.05, 0) is 49.2 Å². The number of rotatable bonds is 13. The fourth-order valence-electron chi connectivity index (χ4n) is 10.4. The topological polar surface area (TPSA) is 207 Å². The predicted molar refractivity (Wildman–Crippen MR) is 236 cm³/mol. The second-order valence-corrected chi connectivity index (χ2v) is 18.4. The average molecular weight is 949 g/mol. The van der Waals surface area contributed by atoms with Crippen molar-refractivity contribution in [3.63, 3.8) is 0 Å². The number of Topliss-reactive ketones (excluding diaryl/α,β-unsaturated/α-hetero) is 1. The molecule has 1 amide bonds. The number of aliphatic hydroxyl groups is 1. The molecule has 66 heavy (non-hydrogen) atoms. The van der Waals surface area contributed by atoms with Crippen LogP contribution in [0.2, 0.25) is 0 Å². The van der Waals surface area contributed by atoms with Gasteiger partial charge in [-0.1, -0.05) is 86.2 Å². The number of hydrogen-bond acceptors (Lipinski definition) is 14. The summed E-state index contributed by atoms with van der Waals surface area (Å²) in [4.78, 5) is 97.5. The Morgan fingerprint density at radius 3 is 1.98 bits per heavy atom. The van der Waals surface area contributed by atoms with E-state index in [2.05, 4.69) is 5.32 Å². The van der Waals surface area contributed by atoms with E-state index >= 15 is 4.79 Å². The lowest BCUT2D eigenvalue weighted by Gasteiger charge is -2.67. The molecule has 0 unspecified atom stereocenters. The van der Waals surface area contributed by atoms with Crippen molar-refractivity contribution in [3.05, 3.63) is 119 Å². The normalized spacial score (nSPS) is 29.4. The highest BCUT2D eigenvalue weighted by Gasteiger charge is 2.77. The third kappa shape index (κ3) is 8.62. The molecule has 4 aliphatic rings. The van der Waals surface area contributed by atoms with E-state index in [0.29, 0.717) is 16.7 Å². The number of ether oxygens (including phenoxy) is 6. The summed E-state index contributed by atoms with van der Waals surface area (Å²) in [6.07, 6.45) is -8.32. The summed E-state index contributed by atoms with van der Waals surface area (Å²) in [5.41, 5.74) is -5.96. The minimum atomic E-state index is -2.29. The Labute approximate surface area is 391 Å². The molecule has 15 nitrogen and oxygen atoms in total. The zero-order chi connectivity index (χ0) is 47.8. The van der Waals surface area contributed by atoms with E-state index < -0.39 is 131 Å². The van der Waals surface area contributed by atoms with E-state index in [4.69, 9.17) is 51.6 Å². The number of carbonyl (C=O) groups excluding carboxylic acids is 7. The van der Waals surface area contributed by atoms with Gasteiger partial charge >= 0.3 is 29.8 Å². The van der Waals surface area contributed by atoms with Crippen molar-refractivity contribution in [2.45, 2.75) is 102 Å². The van der Waals surface area contributed by atoms with Crippen LogP contribution in [0.4, 0.5) is 0 Å². The number of halogens is 2. The summed E-state index contributed by atoms with van der Waals surface area (Å²) in [5, 5.41) is 16.6. The average Bonchev–Trinajstić information content (AvgIpc) is 3.30. The Morgan fingerprint density at radius 2 is 1.42 bits per heavy atom. The fourth-order valence-corrected chi connectivity index (χ4v) is 10.5. The maximum Gasteiger partial charge on any atom is 0.350 e. The van der Waals surface area contributed by atoms with Gasteiger partial charge in [0.25, 0.3) is 5.91 Å². The van der Waals surface area contributed by atoms with E-state index in [0.717, 1.165) is 0 Å². The van der Waals surface area contributed by atoms with Gasteiger partial charge in [-0.15, -0.1) is 23.2 Å². The third-order valence-corrected chi connectivity index (χ3v) is 14.4. The molecule has 10 atom stereocenters. The largest absolute Gasteiger partial charge is 0.460 e. The molecule has 17 heteroatoms. The first-order valence-corrected chi connectivity index (χ1v) is 22.5. The van der Waals surface area contributed by atoms with Gasteiger partial charge in [-0.3, -0.25) is 24.0 Å². The number of esters is 5. The molecule has 3 aromatic rings.